The highest BCUT2D eigenvalue weighted by Crippen LogP contribution is 2.40. The molecule has 6 nitrogen and oxygen atoms in total. The van der Waals surface area contributed by atoms with Gasteiger partial charge in [0.1, 0.15) is 5.00 Å². The number of benzene rings is 2. The quantitative estimate of drug-likeness (QED) is 0.201. The normalized spacial score (nSPS) is 14.6. The summed E-state index contributed by atoms with van der Waals surface area (Å²) in [6, 6.07) is 16.1. The molecule has 2 aromatic carbocycles. The van der Waals surface area contributed by atoms with Crippen LogP contribution in [0.3, 0.4) is 0 Å². The maximum atomic E-state index is 13.2. The van der Waals surface area contributed by atoms with Gasteiger partial charge in [0.05, 0.1) is 12.2 Å². The number of nitrogens with one attached hydrogen (secondary N) is 2. The summed E-state index contributed by atoms with van der Waals surface area (Å²) in [5, 5.41) is 7.77. The van der Waals surface area contributed by atoms with Crippen molar-refractivity contribution in [2.75, 3.05) is 11.9 Å². The van der Waals surface area contributed by atoms with Crippen molar-refractivity contribution in [2.24, 2.45) is 5.92 Å². The van der Waals surface area contributed by atoms with Crippen LogP contribution >= 0.6 is 23.6 Å². The summed E-state index contributed by atoms with van der Waals surface area (Å²) >= 11 is 7.04. The third kappa shape index (κ3) is 5.49. The van der Waals surface area contributed by atoms with Crippen LogP contribution in [0.2, 0.25) is 0 Å². The number of carbonyl (C=O) groups excluding carboxylic acids is 2. The lowest BCUT2D eigenvalue weighted by atomic mass is 9.88. The molecule has 1 aliphatic rings. The van der Waals surface area contributed by atoms with Crippen LogP contribution in [0.1, 0.15) is 68.2 Å². The number of aryl methyl sites for hydroxylation is 1. The van der Waals surface area contributed by atoms with Crippen molar-refractivity contribution >= 4 is 56.4 Å². The van der Waals surface area contributed by atoms with Gasteiger partial charge in [0.15, 0.2) is 5.11 Å². The monoisotopic (exact) mass is 559 g/mol. The number of hydrogen-bond donors (Lipinski definition) is 2. The Balaban J connectivity index is 1.35. The van der Waals surface area contributed by atoms with Crippen LogP contribution in [0.5, 0.6) is 0 Å². The Morgan fingerprint density at radius 3 is 2.67 bits per heavy atom. The minimum Gasteiger partial charge on any atom is -0.462 e. The van der Waals surface area contributed by atoms with Gasteiger partial charge in [-0.25, -0.2) is 4.79 Å². The molecular weight excluding hydrogens is 526 g/mol. The largest absolute Gasteiger partial charge is 0.462 e. The Hall–Kier alpha value is -3.49. The minimum atomic E-state index is -0.350. The van der Waals surface area contributed by atoms with Gasteiger partial charge in [-0.05, 0) is 93.1 Å². The van der Waals surface area contributed by atoms with E-state index in [2.05, 4.69) is 48.1 Å². The van der Waals surface area contributed by atoms with Crippen molar-refractivity contribution in [2.45, 2.75) is 53.5 Å². The van der Waals surface area contributed by atoms with Gasteiger partial charge in [0.25, 0.3) is 5.91 Å². The van der Waals surface area contributed by atoms with Gasteiger partial charge in [-0.1, -0.05) is 37.3 Å². The molecule has 0 bridgehead atoms. The van der Waals surface area contributed by atoms with Gasteiger partial charge in [-0.15, -0.1) is 11.3 Å². The Morgan fingerprint density at radius 2 is 1.92 bits per heavy atom. The van der Waals surface area contributed by atoms with Crippen LogP contribution in [0.4, 0.5) is 5.00 Å². The molecule has 0 spiro atoms. The van der Waals surface area contributed by atoms with Crippen LogP contribution < -0.4 is 10.6 Å². The maximum absolute atomic E-state index is 13.2. The molecule has 0 fully saturated rings. The van der Waals surface area contributed by atoms with Crippen LogP contribution in [-0.2, 0) is 24.1 Å². The fourth-order valence-corrected chi connectivity index (χ4v) is 6.99. The molecule has 5 rings (SSSR count). The zero-order valence-electron chi connectivity index (χ0n) is 22.7. The maximum Gasteiger partial charge on any atom is 0.341 e. The zero-order valence-corrected chi connectivity index (χ0v) is 24.4. The van der Waals surface area contributed by atoms with E-state index in [-0.39, 0.29) is 17.0 Å². The molecule has 0 saturated carbocycles. The Kier molecular flexibility index (Phi) is 7.86. The number of hydrogen-bond acceptors (Lipinski definition) is 5. The average Bonchev–Trinajstić information content (AvgIpc) is 3.38. The molecule has 1 aliphatic carbocycles. The van der Waals surface area contributed by atoms with Gasteiger partial charge in [-0.3, -0.25) is 10.1 Å². The Morgan fingerprint density at radius 1 is 1.15 bits per heavy atom. The highest BCUT2D eigenvalue weighted by Gasteiger charge is 2.29. The standard InChI is InChI=1S/C31H33N3O3S2/c1-5-37-30(36)27-23-13-11-18(2)15-26(23)39-29(27)33-31(38)32-28(35)22-12-14-25-24(16-22)19(3)20(4)34(25)17-21-9-7-6-8-10-21/h6-10,12,14,16,18H,5,11,13,15,17H2,1-4H3,(H2,32,33,35,38). The van der Waals surface area contributed by atoms with E-state index in [0.29, 0.717) is 28.7 Å². The highest BCUT2D eigenvalue weighted by atomic mass is 32.1. The van der Waals surface area contributed by atoms with Crippen molar-refractivity contribution < 1.29 is 14.3 Å². The third-order valence-corrected chi connectivity index (χ3v) is 8.90. The predicted molar refractivity (Wildman–Crippen MR) is 162 cm³/mol. The van der Waals surface area contributed by atoms with E-state index in [1.807, 2.05) is 36.4 Å². The van der Waals surface area contributed by atoms with Crippen LogP contribution in [-0.4, -0.2) is 28.2 Å². The zero-order chi connectivity index (χ0) is 27.7. The minimum absolute atomic E-state index is 0.159. The lowest BCUT2D eigenvalue weighted by molar-refractivity contribution is 0.0526. The fourth-order valence-electron chi connectivity index (χ4n) is 5.33. The number of ether oxygens (including phenoxy) is 1. The molecule has 1 amide bonds. The predicted octanol–water partition coefficient (Wildman–Crippen LogP) is 6.80. The van der Waals surface area contributed by atoms with Crippen LogP contribution in [0.15, 0.2) is 48.5 Å². The molecule has 2 N–H and O–H groups in total. The first-order valence-electron chi connectivity index (χ1n) is 13.3. The molecule has 8 heteroatoms. The Labute approximate surface area is 238 Å². The van der Waals surface area contributed by atoms with Gasteiger partial charge < -0.3 is 14.6 Å². The summed E-state index contributed by atoms with van der Waals surface area (Å²) in [5.41, 5.74) is 6.75. The summed E-state index contributed by atoms with van der Waals surface area (Å²) in [5.74, 6) is -0.0809. The third-order valence-electron chi connectivity index (χ3n) is 7.53. The van der Waals surface area contributed by atoms with Gasteiger partial charge >= 0.3 is 5.97 Å². The summed E-state index contributed by atoms with van der Waals surface area (Å²) in [6.07, 6.45) is 2.80. The lowest BCUT2D eigenvalue weighted by Gasteiger charge is -2.18. The number of rotatable bonds is 6. The molecule has 39 heavy (non-hydrogen) atoms. The van der Waals surface area contributed by atoms with Crippen molar-refractivity contribution in [1.82, 2.24) is 9.88 Å². The number of thiocarbonyl (C=S) groups is 1. The van der Waals surface area contributed by atoms with Crippen molar-refractivity contribution in [3.63, 3.8) is 0 Å². The van der Waals surface area contributed by atoms with Crippen molar-refractivity contribution in [1.29, 1.82) is 0 Å². The number of fused-ring (bicyclic) bond motifs is 2. The van der Waals surface area contributed by atoms with E-state index in [4.69, 9.17) is 17.0 Å². The van der Waals surface area contributed by atoms with E-state index >= 15 is 0 Å². The summed E-state index contributed by atoms with van der Waals surface area (Å²) in [4.78, 5) is 27.2. The second kappa shape index (κ2) is 11.3. The van der Waals surface area contributed by atoms with Gasteiger partial charge in [0.2, 0.25) is 0 Å². The van der Waals surface area contributed by atoms with Crippen molar-refractivity contribution in [3.05, 3.63) is 86.9 Å². The summed E-state index contributed by atoms with van der Waals surface area (Å²) in [7, 11) is 0. The molecule has 2 heterocycles. The van der Waals surface area contributed by atoms with E-state index < -0.39 is 0 Å². The summed E-state index contributed by atoms with van der Waals surface area (Å²) < 4.78 is 7.63. The number of amides is 1. The molecule has 0 saturated heterocycles. The number of nitrogens with zero attached hydrogens (tertiary/aromatic N) is 1. The van der Waals surface area contributed by atoms with E-state index in [1.54, 1.807) is 6.92 Å². The summed E-state index contributed by atoms with van der Waals surface area (Å²) in [6.45, 7) is 9.29. The van der Waals surface area contributed by atoms with Crippen LogP contribution in [0, 0.1) is 19.8 Å². The smallest absolute Gasteiger partial charge is 0.341 e. The van der Waals surface area contributed by atoms with Gasteiger partial charge in [0, 0.05) is 33.6 Å². The molecule has 1 unspecified atom stereocenters. The van der Waals surface area contributed by atoms with Crippen molar-refractivity contribution in [3.8, 4) is 0 Å². The first kappa shape index (κ1) is 27.1. The lowest BCUT2D eigenvalue weighted by Crippen LogP contribution is -2.34. The van der Waals surface area contributed by atoms with E-state index in [1.165, 1.54) is 27.5 Å². The van der Waals surface area contributed by atoms with Gasteiger partial charge in [-0.2, -0.15) is 0 Å². The number of esters is 1. The average molecular weight is 560 g/mol. The fraction of sp³-hybridized carbons (Fsp3) is 0.323. The number of carbonyl (C=O) groups is 2. The second-order valence-corrected chi connectivity index (χ2v) is 11.7. The first-order chi connectivity index (χ1) is 18.8. The molecule has 0 aliphatic heterocycles. The molecule has 2 aromatic heterocycles. The SMILES string of the molecule is CCOC(=O)c1c(NC(=S)NC(=O)c2ccc3c(c2)c(C)c(C)n3Cc2ccccc2)sc2c1CCC(C)C2. The van der Waals surface area contributed by atoms with E-state index in [0.717, 1.165) is 47.8 Å². The number of thiophene rings is 1. The Bertz CT molecular complexity index is 1570. The molecule has 4 aromatic rings. The number of aromatic nitrogens is 1. The van der Waals surface area contributed by atoms with Crippen LogP contribution in [0.25, 0.3) is 10.9 Å². The second-order valence-electron chi connectivity index (χ2n) is 10.2. The molecular formula is C31H33N3O3S2. The number of anilines is 1. The first-order valence-corrected chi connectivity index (χ1v) is 14.6. The van der Waals surface area contributed by atoms with E-state index in [9.17, 15) is 9.59 Å². The topological polar surface area (TPSA) is 72.4 Å². The molecule has 202 valence electrons. The highest BCUT2D eigenvalue weighted by molar-refractivity contribution is 7.80. The molecule has 0 radical (unpaired) electrons. The molecule has 1 atom stereocenters.